The van der Waals surface area contributed by atoms with Crippen LogP contribution in [-0.4, -0.2) is 77.2 Å². The molecule has 2 fully saturated rings. The molecule has 5 heterocycles. The number of hydrogen-bond acceptors (Lipinski definition) is 14. The fraction of sp³-hybridized carbons (Fsp3) is 0.333. The van der Waals surface area contributed by atoms with Gasteiger partial charge in [0.15, 0.2) is 10.3 Å². The van der Waals surface area contributed by atoms with Crippen LogP contribution in [0.5, 0.6) is 23.0 Å². The Hall–Kier alpha value is -5.68. The number of nitrogens with zero attached hydrogens (tertiary/aromatic N) is 6. The van der Waals surface area contributed by atoms with E-state index in [1.165, 1.54) is 11.3 Å². The molecule has 16 heteroatoms. The molecule has 1 amide bonds. The summed E-state index contributed by atoms with van der Waals surface area (Å²) >= 11 is 3.12. The van der Waals surface area contributed by atoms with Crippen LogP contribution in [0.4, 0.5) is 10.3 Å². The molecule has 0 bridgehead atoms. The van der Waals surface area contributed by atoms with Crippen molar-refractivity contribution in [2.75, 3.05) is 17.7 Å². The van der Waals surface area contributed by atoms with Crippen molar-refractivity contribution in [3.05, 3.63) is 91.1 Å². The Labute approximate surface area is 343 Å². The van der Waals surface area contributed by atoms with Gasteiger partial charge < -0.3 is 35.6 Å². The molecule has 0 aliphatic heterocycles. The molecule has 9 rings (SSSR count). The van der Waals surface area contributed by atoms with Gasteiger partial charge in [-0.3, -0.25) is 19.4 Å². The van der Waals surface area contributed by atoms with Gasteiger partial charge in [-0.1, -0.05) is 48.4 Å². The van der Waals surface area contributed by atoms with E-state index >= 15 is 0 Å². The van der Waals surface area contributed by atoms with Gasteiger partial charge in [0.1, 0.15) is 28.7 Å². The fourth-order valence-electron chi connectivity index (χ4n) is 7.12. The number of aryl methyl sites for hydroxylation is 1. The number of nitrogens with one attached hydrogen (secondary N) is 3. The Morgan fingerprint density at radius 1 is 0.724 bits per heavy atom. The van der Waals surface area contributed by atoms with Crippen molar-refractivity contribution in [1.29, 1.82) is 0 Å². The van der Waals surface area contributed by atoms with E-state index in [1.54, 1.807) is 53.8 Å². The van der Waals surface area contributed by atoms with Crippen LogP contribution in [-0.2, 0) is 7.05 Å². The molecular weight excluding hydrogens is 775 g/mol. The van der Waals surface area contributed by atoms with E-state index in [4.69, 9.17) is 9.47 Å². The van der Waals surface area contributed by atoms with Crippen LogP contribution >= 0.6 is 22.7 Å². The van der Waals surface area contributed by atoms with E-state index in [0.29, 0.717) is 17.2 Å². The van der Waals surface area contributed by atoms with Gasteiger partial charge in [0.2, 0.25) is 0 Å². The molecule has 5 N–H and O–H groups in total. The predicted octanol–water partition coefficient (Wildman–Crippen LogP) is 8.16. The zero-order valence-corrected chi connectivity index (χ0v) is 33.8. The lowest BCUT2D eigenvalue weighted by Gasteiger charge is -2.27. The summed E-state index contributed by atoms with van der Waals surface area (Å²) < 4.78 is 15.8. The molecule has 2 aliphatic rings. The third kappa shape index (κ3) is 9.53. The van der Waals surface area contributed by atoms with Gasteiger partial charge in [0.25, 0.3) is 5.91 Å². The molecule has 0 spiro atoms. The third-order valence-corrected chi connectivity index (χ3v) is 12.1. The highest BCUT2D eigenvalue weighted by atomic mass is 32.1. The Bertz CT molecular complexity index is 2500. The van der Waals surface area contributed by atoms with Crippen molar-refractivity contribution in [1.82, 2.24) is 35.0 Å². The summed E-state index contributed by atoms with van der Waals surface area (Å²) in [7, 11) is 3.44. The van der Waals surface area contributed by atoms with Gasteiger partial charge in [-0.25, -0.2) is 9.97 Å². The van der Waals surface area contributed by atoms with Gasteiger partial charge in [-0.15, -0.1) is 0 Å². The maximum absolute atomic E-state index is 11.7. The third-order valence-electron chi connectivity index (χ3n) is 10.2. The molecule has 7 aromatic rings. The molecule has 58 heavy (non-hydrogen) atoms. The Balaban J connectivity index is 0.000000162. The first-order valence-corrected chi connectivity index (χ1v) is 21.1. The van der Waals surface area contributed by atoms with E-state index in [2.05, 4.69) is 41.0 Å². The first-order chi connectivity index (χ1) is 28.3. The molecule has 14 nitrogen and oxygen atoms in total. The Morgan fingerprint density at radius 3 is 1.79 bits per heavy atom. The molecular formula is C42H45N9O5S2. The average molecular weight is 820 g/mol. The van der Waals surface area contributed by atoms with Crippen molar-refractivity contribution in [3.8, 4) is 34.3 Å². The molecule has 4 unspecified atom stereocenters. The topological polar surface area (TPSA) is 181 Å². The number of aliphatic hydroxyl groups excluding tert-OH is 2. The summed E-state index contributed by atoms with van der Waals surface area (Å²) in [5.74, 6) is 2.41. The molecule has 4 atom stereocenters. The molecule has 0 radical (unpaired) electrons. The number of carbonyl (C=O) groups is 1. The second-order valence-electron chi connectivity index (χ2n) is 14.4. The van der Waals surface area contributed by atoms with Crippen LogP contribution in [0, 0.1) is 0 Å². The number of anilines is 2. The summed E-state index contributed by atoms with van der Waals surface area (Å²) in [4.78, 5) is 29.5. The number of aliphatic hydroxyl groups is 2. The van der Waals surface area contributed by atoms with Crippen LogP contribution in [0.15, 0.2) is 85.5 Å². The summed E-state index contributed by atoms with van der Waals surface area (Å²) in [6.07, 6.45) is 14.4. The van der Waals surface area contributed by atoms with Gasteiger partial charge >= 0.3 is 0 Å². The van der Waals surface area contributed by atoms with Crippen molar-refractivity contribution in [3.63, 3.8) is 0 Å². The first kappa shape index (κ1) is 39.2. The van der Waals surface area contributed by atoms with Gasteiger partial charge in [-0.2, -0.15) is 5.10 Å². The zero-order valence-electron chi connectivity index (χ0n) is 32.2. The molecule has 300 valence electrons. The lowest BCUT2D eigenvalue weighted by Crippen LogP contribution is -2.36. The number of thiazole rings is 2. The van der Waals surface area contributed by atoms with E-state index < -0.39 is 0 Å². The number of benzene rings is 2. The standard InChI is InChI=1S/C22H23N5O2S.C20H22N4O3S/c1-27-13-14(12-24-27)19-10-16(8-9-23-19)29-15-6-7-18-21(11-15)30-22(26-18)25-17-4-2-3-5-20(17)28;1-21-19(26)16-10-13(8-9-22-16)27-12-6-7-15-18(11-12)28-20(24-15)23-14-4-2-3-5-17(14)25/h6-13,17,20,28H,2-5H2,1H3,(H,25,26);6-11,14,17,25H,2-5H2,1H3,(H,21,26)(H,23,24). The number of pyridine rings is 2. The maximum atomic E-state index is 11.7. The number of ether oxygens (including phenoxy) is 2. The van der Waals surface area contributed by atoms with Gasteiger partial charge in [0.05, 0.1) is 56.6 Å². The lowest BCUT2D eigenvalue weighted by molar-refractivity contribution is 0.0957. The minimum Gasteiger partial charge on any atom is -0.457 e. The maximum Gasteiger partial charge on any atom is 0.269 e. The van der Waals surface area contributed by atoms with Gasteiger partial charge in [-0.05, 0) is 62.1 Å². The largest absolute Gasteiger partial charge is 0.457 e. The fourth-order valence-corrected chi connectivity index (χ4v) is 9.03. The van der Waals surface area contributed by atoms with Crippen molar-refractivity contribution in [2.45, 2.75) is 75.7 Å². The minimum atomic E-state index is -0.319. The second kappa shape index (κ2) is 17.9. The highest BCUT2D eigenvalue weighted by Crippen LogP contribution is 2.35. The van der Waals surface area contributed by atoms with Crippen molar-refractivity contribution in [2.24, 2.45) is 7.05 Å². The normalized spacial score (nSPS) is 19.2. The Morgan fingerprint density at radius 2 is 1.26 bits per heavy atom. The van der Waals surface area contributed by atoms with E-state index in [1.807, 2.05) is 61.8 Å². The predicted molar refractivity (Wildman–Crippen MR) is 227 cm³/mol. The van der Waals surface area contributed by atoms with Crippen LogP contribution in [0.1, 0.15) is 61.9 Å². The number of aromatic nitrogens is 6. The van der Waals surface area contributed by atoms with Crippen LogP contribution in [0.2, 0.25) is 0 Å². The molecule has 2 aliphatic carbocycles. The number of fused-ring (bicyclic) bond motifs is 2. The Kier molecular flexibility index (Phi) is 12.1. The van der Waals surface area contributed by atoms with Crippen LogP contribution < -0.4 is 25.4 Å². The van der Waals surface area contributed by atoms with Crippen LogP contribution in [0.3, 0.4) is 0 Å². The SMILES string of the molecule is CNC(=O)c1cc(Oc2ccc3nc(NC4CCCCC4O)sc3c2)ccn1.Cn1cc(-c2cc(Oc3ccc4nc(NC5CCCCC5O)sc4c3)ccn2)cn1. The number of hydrogen-bond donors (Lipinski definition) is 5. The van der Waals surface area contributed by atoms with E-state index in [-0.39, 0.29) is 30.2 Å². The van der Waals surface area contributed by atoms with Crippen LogP contribution in [0.25, 0.3) is 31.7 Å². The zero-order chi connectivity index (χ0) is 40.0. The summed E-state index contributed by atoms with van der Waals surface area (Å²) in [6, 6.07) is 18.8. The number of carbonyl (C=O) groups excluding carboxylic acids is 1. The number of amides is 1. The first-order valence-electron chi connectivity index (χ1n) is 19.5. The molecule has 0 saturated heterocycles. The lowest BCUT2D eigenvalue weighted by atomic mass is 9.93. The highest BCUT2D eigenvalue weighted by molar-refractivity contribution is 7.22. The summed E-state index contributed by atoms with van der Waals surface area (Å²) in [5, 5.41) is 35.6. The van der Waals surface area contributed by atoms with E-state index in [0.717, 1.165) is 105 Å². The van der Waals surface area contributed by atoms with E-state index in [9.17, 15) is 15.0 Å². The second-order valence-corrected chi connectivity index (χ2v) is 16.5. The summed E-state index contributed by atoms with van der Waals surface area (Å²) in [5.41, 5.74) is 3.87. The minimum absolute atomic E-state index is 0.0602. The molecule has 2 saturated carbocycles. The smallest absolute Gasteiger partial charge is 0.269 e. The van der Waals surface area contributed by atoms with Crippen molar-refractivity contribution < 1.29 is 24.5 Å². The average Bonchev–Trinajstić information content (AvgIpc) is 3.97. The number of rotatable bonds is 10. The van der Waals surface area contributed by atoms with Gasteiger partial charge in [0, 0.05) is 62.5 Å². The monoisotopic (exact) mass is 819 g/mol. The quantitative estimate of drug-likeness (QED) is 0.0895. The molecule has 2 aromatic carbocycles. The molecule has 5 aromatic heterocycles. The highest BCUT2D eigenvalue weighted by Gasteiger charge is 2.25. The summed E-state index contributed by atoms with van der Waals surface area (Å²) in [6.45, 7) is 0. The van der Waals surface area contributed by atoms with Crippen molar-refractivity contribution >= 4 is 59.3 Å².